The molecule has 2 amide bonds. The third-order valence-corrected chi connectivity index (χ3v) is 12.9. The number of rotatable bonds is 50. The predicted octanol–water partition coefficient (Wildman–Crippen LogP) is 15.6. The molecule has 358 valence electrons. The van der Waals surface area contributed by atoms with Crippen LogP contribution in [0.1, 0.15) is 285 Å². The summed E-state index contributed by atoms with van der Waals surface area (Å²) in [7, 11) is 0. The van der Waals surface area contributed by atoms with Gasteiger partial charge >= 0.3 is 0 Å². The first-order valence-electron chi connectivity index (χ1n) is 27.4. The van der Waals surface area contributed by atoms with Crippen LogP contribution in [0, 0.1) is 0 Å². The van der Waals surface area contributed by atoms with Crippen molar-refractivity contribution >= 4 is 11.8 Å². The van der Waals surface area contributed by atoms with Gasteiger partial charge in [-0.3, -0.25) is 9.59 Å². The quantitative estimate of drug-likeness (QED) is 0.0620. The summed E-state index contributed by atoms with van der Waals surface area (Å²) >= 11 is 0. The molecule has 0 unspecified atom stereocenters. The molecule has 0 rings (SSSR count). The van der Waals surface area contributed by atoms with E-state index >= 15 is 0 Å². The van der Waals surface area contributed by atoms with Crippen LogP contribution in [0.4, 0.5) is 0 Å². The van der Waals surface area contributed by atoms with E-state index in [0.29, 0.717) is 18.4 Å². The number of nitrogens with zero attached hydrogens (tertiary/aromatic N) is 3. The van der Waals surface area contributed by atoms with Crippen LogP contribution >= 0.6 is 0 Å². The van der Waals surface area contributed by atoms with Gasteiger partial charge < -0.3 is 19.8 Å². The van der Waals surface area contributed by atoms with Gasteiger partial charge in [-0.15, -0.1) is 0 Å². The number of unbranched alkanes of at least 4 members (excludes halogenated alkanes) is 31. The zero-order chi connectivity index (χ0) is 43.8. The predicted molar refractivity (Wildman–Crippen MR) is 264 cm³/mol. The Bertz CT molecular complexity index is 775. The molecule has 0 aromatic heterocycles. The second-order valence-electron chi connectivity index (χ2n) is 18.8. The van der Waals surface area contributed by atoms with Crippen LogP contribution in [0.25, 0.3) is 0 Å². The highest BCUT2D eigenvalue weighted by Crippen LogP contribution is 2.16. The molecule has 0 aromatic carbocycles. The van der Waals surface area contributed by atoms with Crippen LogP contribution in [0.5, 0.6) is 0 Å². The van der Waals surface area contributed by atoms with Gasteiger partial charge in [-0.1, -0.05) is 207 Å². The number of carbonyl (C=O) groups excluding carboxylic acids is 2. The summed E-state index contributed by atoms with van der Waals surface area (Å²) in [6, 6.07) is 0. The smallest absolute Gasteiger partial charge is 0.222 e. The molecular weight excluding hydrogens is 739 g/mol. The van der Waals surface area contributed by atoms with E-state index in [-0.39, 0.29) is 0 Å². The average molecular weight is 848 g/mol. The highest BCUT2D eigenvalue weighted by atomic mass is 16.3. The Morgan fingerprint density at radius 1 is 0.283 bits per heavy atom. The Morgan fingerprint density at radius 2 is 0.500 bits per heavy atom. The normalized spacial score (nSPS) is 11.6. The average Bonchev–Trinajstić information content (AvgIpc) is 3.25. The van der Waals surface area contributed by atoms with Crippen molar-refractivity contribution in [3.8, 4) is 0 Å². The number of amides is 2. The summed E-state index contributed by atoms with van der Waals surface area (Å²) < 4.78 is 0. The van der Waals surface area contributed by atoms with Gasteiger partial charge in [0.1, 0.15) is 0 Å². The molecule has 0 heterocycles. The van der Waals surface area contributed by atoms with Crippen LogP contribution in [0.2, 0.25) is 0 Å². The van der Waals surface area contributed by atoms with Gasteiger partial charge in [0.15, 0.2) is 0 Å². The standard InChI is InChI=1S/C54H109N3O3/c1-5-9-13-17-27-38-48-56(49-39-28-18-14-10-6-2)53(59)43-33-23-21-25-35-45-55(47-37-31-32-42-52-58)46-36-26-22-24-34-44-54(60)57(50-40-29-19-15-11-7-3)51-41-30-20-16-12-8-4/h58H,5-52H2,1-4H3. The Kier molecular flexibility index (Phi) is 48.0. The summed E-state index contributed by atoms with van der Waals surface area (Å²) in [5, 5.41) is 9.22. The molecule has 0 aliphatic heterocycles. The number of hydrogen-bond acceptors (Lipinski definition) is 4. The maximum Gasteiger partial charge on any atom is 0.222 e. The van der Waals surface area contributed by atoms with Crippen molar-refractivity contribution < 1.29 is 14.7 Å². The van der Waals surface area contributed by atoms with Crippen LogP contribution < -0.4 is 0 Å². The van der Waals surface area contributed by atoms with Crippen LogP contribution in [0.3, 0.4) is 0 Å². The fourth-order valence-corrected chi connectivity index (χ4v) is 8.79. The zero-order valence-electron chi connectivity index (χ0n) is 41.5. The van der Waals surface area contributed by atoms with E-state index in [0.717, 1.165) is 64.7 Å². The van der Waals surface area contributed by atoms with Gasteiger partial charge in [-0.25, -0.2) is 0 Å². The molecule has 0 saturated carbocycles. The van der Waals surface area contributed by atoms with Crippen LogP contribution in [-0.4, -0.2) is 84.0 Å². The van der Waals surface area contributed by atoms with E-state index in [2.05, 4.69) is 42.4 Å². The molecule has 1 N–H and O–H groups in total. The van der Waals surface area contributed by atoms with E-state index in [1.54, 1.807) is 0 Å². The Balaban J connectivity index is 4.56. The summed E-state index contributed by atoms with van der Waals surface area (Å²) in [5.41, 5.74) is 0. The monoisotopic (exact) mass is 848 g/mol. The van der Waals surface area contributed by atoms with Crippen molar-refractivity contribution in [3.63, 3.8) is 0 Å². The first-order valence-corrected chi connectivity index (χ1v) is 27.4. The molecule has 0 spiro atoms. The lowest BCUT2D eigenvalue weighted by Crippen LogP contribution is -2.32. The molecule has 0 fully saturated rings. The van der Waals surface area contributed by atoms with Crippen LogP contribution in [-0.2, 0) is 9.59 Å². The van der Waals surface area contributed by atoms with E-state index in [1.165, 1.54) is 238 Å². The summed E-state index contributed by atoms with van der Waals surface area (Å²) in [6.07, 6.45) is 48.8. The molecule has 6 heteroatoms. The van der Waals surface area contributed by atoms with E-state index in [1.807, 2.05) is 0 Å². The maximum absolute atomic E-state index is 13.3. The Hall–Kier alpha value is -1.14. The second-order valence-corrected chi connectivity index (χ2v) is 18.8. The molecule has 0 saturated heterocycles. The number of hydrogen-bond donors (Lipinski definition) is 1. The number of aliphatic hydroxyl groups excluding tert-OH is 1. The number of carbonyl (C=O) groups is 2. The van der Waals surface area contributed by atoms with Crippen molar-refractivity contribution in [1.29, 1.82) is 0 Å². The summed E-state index contributed by atoms with van der Waals surface area (Å²) in [4.78, 5) is 33.7. The van der Waals surface area contributed by atoms with E-state index in [9.17, 15) is 14.7 Å². The topological polar surface area (TPSA) is 64.1 Å². The third kappa shape index (κ3) is 40.9. The van der Waals surface area contributed by atoms with Crippen LogP contribution in [0.15, 0.2) is 0 Å². The minimum absolute atomic E-state index is 0.313. The SMILES string of the molecule is CCCCCCCCN(CCCCCCCC)C(=O)CCCCCCCN(CCCCCCO)CCCCCCCC(=O)N(CCCCCCCC)CCCCCCCC. The highest BCUT2D eigenvalue weighted by Gasteiger charge is 2.14. The summed E-state index contributed by atoms with van der Waals surface area (Å²) in [5.74, 6) is 0.815. The molecule has 0 bridgehead atoms. The first-order chi connectivity index (χ1) is 29.5. The van der Waals surface area contributed by atoms with Gasteiger partial charge in [0.25, 0.3) is 0 Å². The van der Waals surface area contributed by atoms with Crippen molar-refractivity contribution in [2.24, 2.45) is 0 Å². The Labute approximate surface area is 376 Å². The molecule has 0 aromatic rings. The van der Waals surface area contributed by atoms with Gasteiger partial charge in [-0.2, -0.15) is 0 Å². The zero-order valence-corrected chi connectivity index (χ0v) is 41.5. The number of aliphatic hydroxyl groups is 1. The minimum atomic E-state index is 0.313. The highest BCUT2D eigenvalue weighted by molar-refractivity contribution is 5.76. The Morgan fingerprint density at radius 3 is 0.767 bits per heavy atom. The molecule has 6 nitrogen and oxygen atoms in total. The molecule has 0 radical (unpaired) electrons. The van der Waals surface area contributed by atoms with Gasteiger partial charge in [0.05, 0.1) is 0 Å². The summed E-state index contributed by atoms with van der Waals surface area (Å²) in [6.45, 7) is 16.8. The molecule has 60 heavy (non-hydrogen) atoms. The first kappa shape index (κ1) is 58.9. The molecule has 0 aliphatic rings. The van der Waals surface area contributed by atoms with Gasteiger partial charge in [0.2, 0.25) is 11.8 Å². The van der Waals surface area contributed by atoms with Crippen molar-refractivity contribution in [2.45, 2.75) is 285 Å². The van der Waals surface area contributed by atoms with E-state index < -0.39 is 0 Å². The lowest BCUT2D eigenvalue weighted by atomic mass is 10.1. The molecular formula is C54H109N3O3. The lowest BCUT2D eigenvalue weighted by Gasteiger charge is -2.23. The lowest BCUT2D eigenvalue weighted by molar-refractivity contribution is -0.132. The minimum Gasteiger partial charge on any atom is -0.396 e. The maximum atomic E-state index is 13.3. The van der Waals surface area contributed by atoms with Crippen molar-refractivity contribution in [3.05, 3.63) is 0 Å². The second kappa shape index (κ2) is 48.9. The van der Waals surface area contributed by atoms with Crippen molar-refractivity contribution in [1.82, 2.24) is 14.7 Å². The van der Waals surface area contributed by atoms with E-state index in [4.69, 9.17) is 0 Å². The molecule has 0 aliphatic carbocycles. The third-order valence-electron chi connectivity index (χ3n) is 12.9. The fraction of sp³-hybridized carbons (Fsp3) is 0.963. The van der Waals surface area contributed by atoms with Gasteiger partial charge in [0, 0.05) is 45.6 Å². The largest absolute Gasteiger partial charge is 0.396 e. The molecule has 0 atom stereocenters. The fourth-order valence-electron chi connectivity index (χ4n) is 8.79. The van der Waals surface area contributed by atoms with Crippen molar-refractivity contribution in [2.75, 3.05) is 52.4 Å². The van der Waals surface area contributed by atoms with Gasteiger partial charge in [-0.05, 0) is 83.8 Å².